The fraction of sp³-hybridized carbons (Fsp3) is 0.650. The Kier molecular flexibility index (Phi) is 7.98. The van der Waals surface area contributed by atoms with Gasteiger partial charge in [0, 0.05) is 19.2 Å². The van der Waals surface area contributed by atoms with E-state index in [0.29, 0.717) is 11.5 Å². The number of carbonyl (C=O) groups excluding carboxylic acids is 1. The summed E-state index contributed by atoms with van der Waals surface area (Å²) in [6, 6.07) is 3.19. The topological polar surface area (TPSA) is 84.9 Å². The first kappa shape index (κ1) is 22.3. The third kappa shape index (κ3) is 5.31. The Hall–Kier alpha value is -1.96. The highest BCUT2D eigenvalue weighted by Crippen LogP contribution is 2.36. The van der Waals surface area contributed by atoms with Crippen molar-refractivity contribution in [3.8, 4) is 11.5 Å². The SMILES string of the molecule is CCS(=O)(=O)N(C)c1cc(OC)c(OC)cc1C(=O)NC1CCCCCCC1. The summed E-state index contributed by atoms with van der Waals surface area (Å²) < 4.78 is 36.6. The standard InChI is InChI=1S/C20H32N2O5S/c1-5-28(24,25)22(2)17-14-19(27-4)18(26-3)13-16(17)20(23)21-15-11-9-7-6-8-10-12-15/h13-15H,5-12H2,1-4H3,(H,21,23). The van der Waals surface area contributed by atoms with Crippen molar-refractivity contribution in [2.24, 2.45) is 0 Å². The average molecular weight is 413 g/mol. The number of nitrogens with one attached hydrogen (secondary N) is 1. The maximum absolute atomic E-state index is 13.1. The van der Waals surface area contributed by atoms with Crippen LogP contribution in [0.4, 0.5) is 5.69 Å². The Morgan fingerprint density at radius 3 is 2.14 bits per heavy atom. The van der Waals surface area contributed by atoms with Gasteiger partial charge >= 0.3 is 0 Å². The van der Waals surface area contributed by atoms with Crippen LogP contribution in [0.5, 0.6) is 11.5 Å². The molecule has 8 heteroatoms. The lowest BCUT2D eigenvalue weighted by molar-refractivity contribution is 0.0930. The van der Waals surface area contributed by atoms with Crippen LogP contribution in [-0.4, -0.2) is 47.4 Å². The van der Waals surface area contributed by atoms with Gasteiger partial charge in [0.1, 0.15) is 0 Å². The minimum atomic E-state index is -3.54. The monoisotopic (exact) mass is 412 g/mol. The van der Waals surface area contributed by atoms with Gasteiger partial charge in [-0.15, -0.1) is 0 Å². The third-order valence-electron chi connectivity index (χ3n) is 5.31. The van der Waals surface area contributed by atoms with Crippen molar-refractivity contribution in [1.82, 2.24) is 5.32 Å². The van der Waals surface area contributed by atoms with Gasteiger partial charge in [-0.3, -0.25) is 9.10 Å². The summed E-state index contributed by atoms with van der Waals surface area (Å²) in [6.45, 7) is 1.57. The molecule has 0 bridgehead atoms. The summed E-state index contributed by atoms with van der Waals surface area (Å²) in [7, 11) is 0.875. The van der Waals surface area contributed by atoms with Crippen LogP contribution in [0.15, 0.2) is 12.1 Å². The fourth-order valence-electron chi connectivity index (χ4n) is 3.52. The molecule has 1 aliphatic rings. The van der Waals surface area contributed by atoms with E-state index in [-0.39, 0.29) is 29.0 Å². The number of nitrogens with zero attached hydrogens (tertiary/aromatic N) is 1. The summed E-state index contributed by atoms with van der Waals surface area (Å²) in [6.07, 6.45) is 7.69. The van der Waals surface area contributed by atoms with Crippen molar-refractivity contribution in [2.45, 2.75) is 57.9 Å². The quantitative estimate of drug-likeness (QED) is 0.742. The van der Waals surface area contributed by atoms with Crippen LogP contribution < -0.4 is 19.1 Å². The van der Waals surface area contributed by atoms with Gasteiger partial charge in [-0.05, 0) is 25.8 Å². The molecule has 0 spiro atoms. The number of ether oxygens (including phenoxy) is 2. The van der Waals surface area contributed by atoms with E-state index in [4.69, 9.17) is 9.47 Å². The molecular weight excluding hydrogens is 380 g/mol. The van der Waals surface area contributed by atoms with Crippen molar-refractivity contribution in [2.75, 3.05) is 31.3 Å². The van der Waals surface area contributed by atoms with E-state index < -0.39 is 10.0 Å². The summed E-state index contributed by atoms with van der Waals surface area (Å²) in [4.78, 5) is 13.1. The highest BCUT2D eigenvalue weighted by atomic mass is 32.2. The van der Waals surface area contributed by atoms with Gasteiger partial charge in [0.2, 0.25) is 10.0 Å². The average Bonchev–Trinajstić information content (AvgIpc) is 2.68. The number of methoxy groups -OCH3 is 2. The van der Waals surface area contributed by atoms with Crippen molar-refractivity contribution in [3.63, 3.8) is 0 Å². The van der Waals surface area contributed by atoms with Crippen LogP contribution in [0, 0.1) is 0 Å². The number of rotatable bonds is 7. The fourth-order valence-corrected chi connectivity index (χ4v) is 4.36. The minimum absolute atomic E-state index is 0.0679. The summed E-state index contributed by atoms with van der Waals surface area (Å²) >= 11 is 0. The molecule has 28 heavy (non-hydrogen) atoms. The number of benzene rings is 1. The van der Waals surface area contributed by atoms with Crippen molar-refractivity contribution in [1.29, 1.82) is 0 Å². The molecule has 0 aromatic heterocycles. The van der Waals surface area contributed by atoms with E-state index in [9.17, 15) is 13.2 Å². The number of carbonyl (C=O) groups is 1. The molecule has 7 nitrogen and oxygen atoms in total. The molecule has 0 unspecified atom stereocenters. The molecule has 0 heterocycles. The zero-order chi connectivity index (χ0) is 20.7. The third-order valence-corrected chi connectivity index (χ3v) is 7.07. The van der Waals surface area contributed by atoms with E-state index in [2.05, 4.69) is 5.32 Å². The van der Waals surface area contributed by atoms with Crippen LogP contribution in [-0.2, 0) is 10.0 Å². The van der Waals surface area contributed by atoms with Gasteiger partial charge in [0.05, 0.1) is 31.2 Å². The molecule has 0 atom stereocenters. The van der Waals surface area contributed by atoms with Gasteiger partial charge in [-0.25, -0.2) is 8.42 Å². The Balaban J connectivity index is 2.40. The van der Waals surface area contributed by atoms with E-state index in [1.54, 1.807) is 19.1 Å². The number of hydrogen-bond donors (Lipinski definition) is 1. The van der Waals surface area contributed by atoms with Gasteiger partial charge in [-0.2, -0.15) is 0 Å². The lowest BCUT2D eigenvalue weighted by Crippen LogP contribution is -2.37. The molecule has 0 radical (unpaired) electrons. The van der Waals surface area contributed by atoms with E-state index >= 15 is 0 Å². The molecule has 1 aromatic rings. The molecule has 1 aliphatic carbocycles. The van der Waals surface area contributed by atoms with Crippen LogP contribution in [0.2, 0.25) is 0 Å². The highest BCUT2D eigenvalue weighted by molar-refractivity contribution is 7.92. The smallest absolute Gasteiger partial charge is 0.253 e. The maximum atomic E-state index is 13.1. The predicted octanol–water partition coefficient (Wildman–Crippen LogP) is 3.33. The lowest BCUT2D eigenvalue weighted by Gasteiger charge is -2.25. The highest BCUT2D eigenvalue weighted by Gasteiger charge is 2.26. The van der Waals surface area contributed by atoms with Gasteiger partial charge in [-0.1, -0.05) is 32.1 Å². The normalized spacial score (nSPS) is 16.0. The molecule has 0 saturated heterocycles. The van der Waals surface area contributed by atoms with E-state index in [1.165, 1.54) is 40.5 Å². The second-order valence-electron chi connectivity index (χ2n) is 7.11. The Morgan fingerprint density at radius 1 is 1.07 bits per heavy atom. The lowest BCUT2D eigenvalue weighted by atomic mass is 9.96. The van der Waals surface area contributed by atoms with Crippen LogP contribution in [0.3, 0.4) is 0 Å². The van der Waals surface area contributed by atoms with Gasteiger partial charge in [0.25, 0.3) is 5.91 Å². The number of sulfonamides is 1. The zero-order valence-corrected chi connectivity index (χ0v) is 18.1. The van der Waals surface area contributed by atoms with Crippen LogP contribution in [0.1, 0.15) is 62.2 Å². The van der Waals surface area contributed by atoms with E-state index in [0.717, 1.165) is 30.0 Å². The maximum Gasteiger partial charge on any atom is 0.253 e. The van der Waals surface area contributed by atoms with Crippen LogP contribution in [0.25, 0.3) is 0 Å². The van der Waals surface area contributed by atoms with Gasteiger partial charge < -0.3 is 14.8 Å². The molecule has 1 aromatic carbocycles. The van der Waals surface area contributed by atoms with Gasteiger partial charge in [0.15, 0.2) is 11.5 Å². The molecule has 2 rings (SSSR count). The largest absolute Gasteiger partial charge is 0.493 e. The van der Waals surface area contributed by atoms with Crippen molar-refractivity contribution >= 4 is 21.6 Å². The molecule has 1 N–H and O–H groups in total. The second-order valence-corrected chi connectivity index (χ2v) is 9.40. The number of amides is 1. The molecule has 1 saturated carbocycles. The summed E-state index contributed by atoms with van der Waals surface area (Å²) in [5, 5.41) is 3.10. The predicted molar refractivity (Wildman–Crippen MR) is 111 cm³/mol. The molecule has 158 valence electrons. The Bertz CT molecular complexity index is 771. The molecule has 1 fully saturated rings. The first-order valence-electron chi connectivity index (χ1n) is 9.87. The summed E-state index contributed by atoms with van der Waals surface area (Å²) in [5.74, 6) is 0.399. The minimum Gasteiger partial charge on any atom is -0.493 e. The first-order chi connectivity index (χ1) is 13.3. The zero-order valence-electron chi connectivity index (χ0n) is 17.3. The molecule has 1 amide bonds. The first-order valence-corrected chi connectivity index (χ1v) is 11.5. The summed E-state index contributed by atoms with van der Waals surface area (Å²) in [5.41, 5.74) is 0.544. The van der Waals surface area contributed by atoms with Crippen molar-refractivity contribution in [3.05, 3.63) is 17.7 Å². The van der Waals surface area contributed by atoms with Crippen molar-refractivity contribution < 1.29 is 22.7 Å². The number of anilines is 1. The Morgan fingerprint density at radius 2 is 1.61 bits per heavy atom. The molecule has 0 aliphatic heterocycles. The Labute approximate surface area is 168 Å². The van der Waals surface area contributed by atoms with Crippen LogP contribution >= 0.6 is 0 Å². The number of hydrogen-bond acceptors (Lipinski definition) is 5. The molecular formula is C20H32N2O5S. The second kappa shape index (κ2) is 10.0. The van der Waals surface area contributed by atoms with E-state index in [1.807, 2.05) is 0 Å².